The minimum Gasteiger partial charge on any atom is -0.398 e. The highest BCUT2D eigenvalue weighted by molar-refractivity contribution is 7.84. The van der Waals surface area contributed by atoms with E-state index >= 15 is 0 Å². The van der Waals surface area contributed by atoms with E-state index < -0.39 is 34.2 Å². The second kappa shape index (κ2) is 8.77. The summed E-state index contributed by atoms with van der Waals surface area (Å²) in [5, 5.41) is 7.79. The zero-order valence-electron chi connectivity index (χ0n) is 15.8. The molecule has 2 atom stereocenters. The van der Waals surface area contributed by atoms with Crippen LogP contribution in [0.15, 0.2) is 40.9 Å². The zero-order valence-corrected chi connectivity index (χ0v) is 17.4. The number of carbonyl (C=O) groups excluding carboxylic acids is 2. The topological polar surface area (TPSA) is 164 Å². The summed E-state index contributed by atoms with van der Waals surface area (Å²) in [5.41, 5.74) is 6.43. The van der Waals surface area contributed by atoms with Gasteiger partial charge in [0.25, 0.3) is 11.8 Å². The van der Waals surface area contributed by atoms with Gasteiger partial charge in [-0.05, 0) is 18.4 Å². The van der Waals surface area contributed by atoms with Gasteiger partial charge in [0.15, 0.2) is 10.8 Å². The van der Waals surface area contributed by atoms with Gasteiger partial charge in [0.1, 0.15) is 18.8 Å². The summed E-state index contributed by atoms with van der Waals surface area (Å²) < 4.78 is 33.0. The van der Waals surface area contributed by atoms with Crippen molar-refractivity contribution in [1.82, 2.24) is 14.6 Å². The average Bonchev–Trinajstić information content (AvgIpc) is 3.12. The molecule has 2 heterocycles. The first-order chi connectivity index (χ1) is 14.2. The summed E-state index contributed by atoms with van der Waals surface area (Å²) in [6, 6.07) is 7.07. The highest BCUT2D eigenvalue weighted by Gasteiger charge is 2.53. The fraction of sp³-hybridized carbons (Fsp3) is 0.294. The van der Waals surface area contributed by atoms with Crippen LogP contribution < -0.4 is 11.1 Å². The highest BCUT2D eigenvalue weighted by Crippen LogP contribution is 2.27. The molecule has 2 unspecified atom stereocenters. The number of aromatic nitrogens is 1. The quantitative estimate of drug-likeness (QED) is 0.221. The third-order valence-electron chi connectivity index (χ3n) is 4.44. The third-order valence-corrected chi connectivity index (χ3v) is 6.06. The van der Waals surface area contributed by atoms with Gasteiger partial charge in [0.05, 0.1) is 6.04 Å². The molecule has 3 rings (SSSR count). The van der Waals surface area contributed by atoms with Crippen LogP contribution in [0.3, 0.4) is 0 Å². The van der Waals surface area contributed by atoms with Gasteiger partial charge in [-0.3, -0.25) is 14.1 Å². The molecule has 0 aliphatic carbocycles. The molecule has 0 bridgehead atoms. The van der Waals surface area contributed by atoms with Crippen molar-refractivity contribution in [2.24, 2.45) is 5.16 Å². The number of amides is 2. The number of thiazole rings is 1. The number of carbonyl (C=O) groups is 2. The molecule has 11 nitrogen and oxygen atoms in total. The Hall–Kier alpha value is -3.03. The molecule has 1 saturated heterocycles. The molecule has 1 fully saturated rings. The van der Waals surface area contributed by atoms with Gasteiger partial charge < -0.3 is 15.9 Å². The fourth-order valence-electron chi connectivity index (χ4n) is 3.11. The first-order valence-corrected chi connectivity index (χ1v) is 11.0. The SMILES string of the molecule is CO/N=C(\C(=O)NC1C(=O)N(S(=O)(=O)O)C1CCc1ccccc1)c1csc(N)n1. The molecule has 0 saturated carbocycles. The van der Waals surface area contributed by atoms with E-state index in [1.54, 1.807) is 0 Å². The van der Waals surface area contributed by atoms with E-state index in [1.807, 2.05) is 30.3 Å². The number of oxime groups is 1. The van der Waals surface area contributed by atoms with Crippen molar-refractivity contribution in [3.8, 4) is 0 Å². The smallest absolute Gasteiger partial charge is 0.362 e. The van der Waals surface area contributed by atoms with Gasteiger partial charge >= 0.3 is 10.3 Å². The summed E-state index contributed by atoms with van der Waals surface area (Å²) in [5.74, 6) is -1.74. The number of anilines is 1. The Morgan fingerprint density at radius 2 is 2.10 bits per heavy atom. The van der Waals surface area contributed by atoms with Crippen LogP contribution in [0.2, 0.25) is 0 Å². The number of nitrogens with two attached hydrogens (primary N) is 1. The molecular weight excluding hydrogens is 434 g/mol. The largest absolute Gasteiger partial charge is 0.398 e. The summed E-state index contributed by atoms with van der Waals surface area (Å²) >= 11 is 1.09. The van der Waals surface area contributed by atoms with Gasteiger partial charge in [-0.2, -0.15) is 8.42 Å². The van der Waals surface area contributed by atoms with Crippen molar-refractivity contribution in [2.45, 2.75) is 24.9 Å². The summed E-state index contributed by atoms with van der Waals surface area (Å²) in [7, 11) is -3.53. The van der Waals surface area contributed by atoms with Gasteiger partial charge in [0, 0.05) is 5.38 Å². The maximum absolute atomic E-state index is 12.7. The second-order valence-electron chi connectivity index (χ2n) is 6.35. The third kappa shape index (κ3) is 4.58. The molecule has 0 radical (unpaired) electrons. The van der Waals surface area contributed by atoms with Gasteiger partial charge in [0.2, 0.25) is 0 Å². The normalized spacial score (nSPS) is 19.3. The number of hydrogen-bond donors (Lipinski definition) is 3. The Morgan fingerprint density at radius 3 is 2.67 bits per heavy atom. The number of rotatable bonds is 8. The van der Waals surface area contributed by atoms with Crippen LogP contribution in [0.25, 0.3) is 0 Å². The van der Waals surface area contributed by atoms with E-state index in [1.165, 1.54) is 12.5 Å². The van der Waals surface area contributed by atoms with E-state index in [0.717, 1.165) is 16.9 Å². The summed E-state index contributed by atoms with van der Waals surface area (Å²) in [6.07, 6.45) is 0.625. The van der Waals surface area contributed by atoms with E-state index in [0.29, 0.717) is 10.7 Å². The molecule has 160 valence electrons. The predicted octanol–water partition coefficient (Wildman–Crippen LogP) is 0.207. The van der Waals surface area contributed by atoms with Crippen LogP contribution in [0.4, 0.5) is 5.13 Å². The monoisotopic (exact) mass is 453 g/mol. The predicted molar refractivity (Wildman–Crippen MR) is 109 cm³/mol. The number of benzene rings is 1. The van der Waals surface area contributed by atoms with Crippen molar-refractivity contribution in [3.05, 3.63) is 47.0 Å². The molecule has 2 amide bonds. The van der Waals surface area contributed by atoms with Crippen molar-refractivity contribution < 1.29 is 27.4 Å². The molecule has 1 aliphatic heterocycles. The fourth-order valence-corrected chi connectivity index (χ4v) is 4.56. The minimum absolute atomic E-state index is 0.149. The number of nitrogens with one attached hydrogen (secondary N) is 1. The van der Waals surface area contributed by atoms with Crippen molar-refractivity contribution in [3.63, 3.8) is 0 Å². The average molecular weight is 454 g/mol. The Morgan fingerprint density at radius 1 is 1.40 bits per heavy atom. The molecule has 30 heavy (non-hydrogen) atoms. The maximum atomic E-state index is 12.7. The lowest BCUT2D eigenvalue weighted by Gasteiger charge is -2.44. The molecule has 1 aliphatic rings. The van der Waals surface area contributed by atoms with Crippen LogP contribution in [-0.4, -0.2) is 59.0 Å². The molecule has 0 spiro atoms. The molecule has 13 heteroatoms. The summed E-state index contributed by atoms with van der Waals surface area (Å²) in [6.45, 7) is 0. The van der Waals surface area contributed by atoms with E-state index in [4.69, 9.17) is 5.73 Å². The lowest BCUT2D eigenvalue weighted by atomic mass is 9.92. The number of aryl methyl sites for hydroxylation is 1. The lowest BCUT2D eigenvalue weighted by Crippen LogP contribution is -2.72. The summed E-state index contributed by atoms with van der Waals surface area (Å²) in [4.78, 5) is 33.7. The Labute approximate surface area is 176 Å². The van der Waals surface area contributed by atoms with Crippen LogP contribution in [-0.2, 0) is 31.2 Å². The van der Waals surface area contributed by atoms with Crippen molar-refractivity contribution >= 4 is 44.3 Å². The van der Waals surface area contributed by atoms with E-state index in [2.05, 4.69) is 20.3 Å². The molecule has 1 aromatic heterocycles. The molecule has 4 N–H and O–H groups in total. The van der Waals surface area contributed by atoms with Crippen LogP contribution in [0, 0.1) is 0 Å². The Balaban J connectivity index is 1.78. The maximum Gasteiger partial charge on any atom is 0.362 e. The first-order valence-electron chi connectivity index (χ1n) is 8.70. The highest BCUT2D eigenvalue weighted by atomic mass is 32.2. The molecular formula is C17H19N5O6S2. The van der Waals surface area contributed by atoms with Crippen molar-refractivity contribution in [1.29, 1.82) is 0 Å². The number of β-lactam (4-membered cyclic amide) rings is 1. The lowest BCUT2D eigenvalue weighted by molar-refractivity contribution is -0.145. The number of hydrogen-bond acceptors (Lipinski definition) is 9. The molecule has 1 aromatic carbocycles. The minimum atomic E-state index is -4.77. The van der Waals surface area contributed by atoms with Gasteiger partial charge in [-0.1, -0.05) is 35.5 Å². The van der Waals surface area contributed by atoms with Crippen molar-refractivity contribution in [2.75, 3.05) is 12.8 Å². The number of nitrogens with zero attached hydrogens (tertiary/aromatic N) is 3. The second-order valence-corrected chi connectivity index (χ2v) is 8.53. The van der Waals surface area contributed by atoms with E-state index in [-0.39, 0.29) is 23.0 Å². The Kier molecular flexibility index (Phi) is 6.34. The number of nitrogen functional groups attached to an aromatic ring is 1. The van der Waals surface area contributed by atoms with Crippen LogP contribution in [0.5, 0.6) is 0 Å². The van der Waals surface area contributed by atoms with Gasteiger partial charge in [-0.15, -0.1) is 11.3 Å². The standard InChI is InChI=1S/C17H19N5O6S2/c1-28-21-13(11-9-29-17(18)19-11)15(23)20-14-12(22(16(14)24)30(25,26)27)8-7-10-5-3-2-4-6-10/h2-6,9,12,14H,7-8H2,1H3,(H2,18,19)(H,20,23)(H,25,26,27)/b21-13-. The Bertz CT molecular complexity index is 1070. The zero-order chi connectivity index (χ0) is 21.9. The van der Waals surface area contributed by atoms with Crippen LogP contribution in [0.1, 0.15) is 17.7 Å². The molecule has 2 aromatic rings. The first kappa shape index (κ1) is 21.7. The van der Waals surface area contributed by atoms with E-state index in [9.17, 15) is 22.6 Å². The van der Waals surface area contributed by atoms with Gasteiger partial charge in [-0.25, -0.2) is 9.29 Å². The van der Waals surface area contributed by atoms with Crippen LogP contribution >= 0.6 is 11.3 Å².